The maximum atomic E-state index is 12.6. The number of nitrogens with zero attached hydrogens (tertiary/aromatic N) is 3. The molecule has 0 aromatic carbocycles. The van der Waals surface area contributed by atoms with Gasteiger partial charge in [0.25, 0.3) is 0 Å². The number of hydrogen-bond acceptors (Lipinski definition) is 4. The molecule has 0 aliphatic carbocycles. The van der Waals surface area contributed by atoms with Gasteiger partial charge in [-0.05, 0) is 57.5 Å². The Balaban J connectivity index is 0.00000131. The normalized spacial score (nSPS) is 30.6. The molecule has 2 bridgehead atoms. The fraction of sp³-hybridized carbons (Fsp3) is 0.895. The average Bonchev–Trinajstić information content (AvgIpc) is 3.24. The van der Waals surface area contributed by atoms with Gasteiger partial charge in [0, 0.05) is 44.7 Å². The monoisotopic (exact) mass is 420 g/mol. The van der Waals surface area contributed by atoms with E-state index in [0.29, 0.717) is 63.1 Å². The lowest BCUT2D eigenvalue weighted by atomic mass is 9.89. The molecule has 4 aliphatic rings. The summed E-state index contributed by atoms with van der Waals surface area (Å²) in [4.78, 5) is 31.2. The standard InChI is InChI=1S/C19H32N4O2.2ClH/c24-18(13-15-11-16-3-4-17(12-15)20-16)22-7-9-23(10-8-22)19(25)14-21-5-1-2-6-21;;/h15-17,20H,1-14H2;2*1H. The second kappa shape index (κ2) is 10.3. The number of nitrogens with one attached hydrogen (secondary N) is 1. The number of carbonyl (C=O) groups excluding carboxylic acids is 2. The highest BCUT2D eigenvalue weighted by Crippen LogP contribution is 2.33. The third kappa shape index (κ3) is 5.72. The number of piperazine rings is 1. The first-order valence-corrected chi connectivity index (χ1v) is 10.2. The average molecular weight is 421 g/mol. The quantitative estimate of drug-likeness (QED) is 0.748. The van der Waals surface area contributed by atoms with Crippen molar-refractivity contribution in [2.75, 3.05) is 45.8 Å². The van der Waals surface area contributed by atoms with E-state index >= 15 is 0 Å². The van der Waals surface area contributed by atoms with Crippen LogP contribution in [0.25, 0.3) is 0 Å². The first-order chi connectivity index (χ1) is 12.2. The van der Waals surface area contributed by atoms with Crippen LogP contribution in [0.2, 0.25) is 0 Å². The van der Waals surface area contributed by atoms with Crippen molar-refractivity contribution in [3.63, 3.8) is 0 Å². The lowest BCUT2D eigenvalue weighted by Gasteiger charge is -2.37. The zero-order chi connectivity index (χ0) is 17.2. The number of fused-ring (bicyclic) bond motifs is 2. The Kier molecular flexibility index (Phi) is 8.66. The Bertz CT molecular complexity index is 496. The fourth-order valence-corrected chi connectivity index (χ4v) is 5.16. The van der Waals surface area contributed by atoms with Crippen LogP contribution >= 0.6 is 24.8 Å². The van der Waals surface area contributed by atoms with Crippen molar-refractivity contribution in [2.24, 2.45) is 5.92 Å². The summed E-state index contributed by atoms with van der Waals surface area (Å²) in [6.45, 7) is 5.51. The Morgan fingerprint density at radius 3 is 1.85 bits per heavy atom. The van der Waals surface area contributed by atoms with Crippen molar-refractivity contribution in [3.05, 3.63) is 0 Å². The molecule has 2 atom stereocenters. The SMILES string of the molecule is Cl.Cl.O=C(CC1CC2CCC(C1)N2)N1CCN(C(=O)CN2CCCC2)CC1. The van der Waals surface area contributed by atoms with Gasteiger partial charge < -0.3 is 15.1 Å². The number of piperidine rings is 1. The third-order valence-electron chi connectivity index (χ3n) is 6.58. The lowest BCUT2D eigenvalue weighted by molar-refractivity contribution is -0.140. The summed E-state index contributed by atoms with van der Waals surface area (Å²) in [5.74, 6) is 1.10. The predicted octanol–water partition coefficient (Wildman–Crippen LogP) is 1.52. The minimum Gasteiger partial charge on any atom is -0.339 e. The number of halogens is 2. The molecule has 4 aliphatic heterocycles. The van der Waals surface area contributed by atoms with Crippen LogP contribution in [-0.2, 0) is 9.59 Å². The van der Waals surface area contributed by atoms with E-state index in [1.165, 1.54) is 25.7 Å². The Morgan fingerprint density at radius 1 is 0.778 bits per heavy atom. The number of rotatable bonds is 4. The Labute approximate surface area is 175 Å². The first kappa shape index (κ1) is 22.7. The molecule has 0 aromatic rings. The maximum absolute atomic E-state index is 12.6. The van der Waals surface area contributed by atoms with Crippen LogP contribution in [0.3, 0.4) is 0 Å². The van der Waals surface area contributed by atoms with E-state index in [9.17, 15) is 9.59 Å². The Morgan fingerprint density at radius 2 is 1.30 bits per heavy atom. The van der Waals surface area contributed by atoms with Crippen molar-refractivity contribution in [3.8, 4) is 0 Å². The van der Waals surface area contributed by atoms with Gasteiger partial charge >= 0.3 is 0 Å². The summed E-state index contributed by atoms with van der Waals surface area (Å²) >= 11 is 0. The summed E-state index contributed by atoms with van der Waals surface area (Å²) in [6, 6.07) is 1.30. The second-order valence-corrected chi connectivity index (χ2v) is 8.42. The summed E-state index contributed by atoms with van der Waals surface area (Å²) < 4.78 is 0. The molecule has 27 heavy (non-hydrogen) atoms. The molecule has 156 valence electrons. The van der Waals surface area contributed by atoms with Gasteiger partial charge in [-0.2, -0.15) is 0 Å². The largest absolute Gasteiger partial charge is 0.339 e. The van der Waals surface area contributed by atoms with E-state index in [4.69, 9.17) is 0 Å². The predicted molar refractivity (Wildman–Crippen MR) is 111 cm³/mol. The van der Waals surface area contributed by atoms with E-state index < -0.39 is 0 Å². The highest BCUT2D eigenvalue weighted by Gasteiger charge is 2.35. The summed E-state index contributed by atoms with van der Waals surface area (Å²) in [5, 5.41) is 3.65. The molecule has 4 fully saturated rings. The van der Waals surface area contributed by atoms with Crippen LogP contribution in [-0.4, -0.2) is 84.4 Å². The molecule has 1 N–H and O–H groups in total. The van der Waals surface area contributed by atoms with Crippen molar-refractivity contribution in [1.29, 1.82) is 0 Å². The molecule has 0 spiro atoms. The van der Waals surface area contributed by atoms with Crippen LogP contribution in [0, 0.1) is 5.92 Å². The van der Waals surface area contributed by atoms with Crippen molar-refractivity contribution in [1.82, 2.24) is 20.0 Å². The van der Waals surface area contributed by atoms with Crippen LogP contribution in [0.15, 0.2) is 0 Å². The van der Waals surface area contributed by atoms with Crippen molar-refractivity contribution < 1.29 is 9.59 Å². The Hall–Kier alpha value is -0.560. The smallest absolute Gasteiger partial charge is 0.236 e. The van der Waals surface area contributed by atoms with Gasteiger partial charge in [-0.3, -0.25) is 14.5 Å². The third-order valence-corrected chi connectivity index (χ3v) is 6.58. The maximum Gasteiger partial charge on any atom is 0.236 e. The van der Waals surface area contributed by atoms with Crippen molar-refractivity contribution >= 4 is 36.6 Å². The van der Waals surface area contributed by atoms with Gasteiger partial charge in [0.15, 0.2) is 0 Å². The molecular weight excluding hydrogens is 387 g/mol. The molecule has 4 saturated heterocycles. The number of hydrogen-bond donors (Lipinski definition) is 1. The molecular formula is C19H34Cl2N4O2. The summed E-state index contributed by atoms with van der Waals surface area (Å²) in [5.41, 5.74) is 0. The van der Waals surface area contributed by atoms with Crippen LogP contribution in [0.1, 0.15) is 44.9 Å². The van der Waals surface area contributed by atoms with Crippen molar-refractivity contribution in [2.45, 2.75) is 57.0 Å². The number of amides is 2. The van der Waals surface area contributed by atoms with Gasteiger partial charge in [-0.1, -0.05) is 0 Å². The zero-order valence-corrected chi connectivity index (χ0v) is 17.7. The van der Waals surface area contributed by atoms with E-state index in [1.807, 2.05) is 9.80 Å². The minimum absolute atomic E-state index is 0. The zero-order valence-electron chi connectivity index (χ0n) is 16.1. The molecule has 0 radical (unpaired) electrons. The van der Waals surface area contributed by atoms with Gasteiger partial charge in [-0.25, -0.2) is 0 Å². The van der Waals surface area contributed by atoms with Crippen LogP contribution in [0.4, 0.5) is 0 Å². The molecule has 0 saturated carbocycles. The van der Waals surface area contributed by atoms with E-state index in [2.05, 4.69) is 10.2 Å². The summed E-state index contributed by atoms with van der Waals surface area (Å²) in [6.07, 6.45) is 8.03. The van der Waals surface area contributed by atoms with E-state index in [-0.39, 0.29) is 30.7 Å². The first-order valence-electron chi connectivity index (χ1n) is 10.2. The second-order valence-electron chi connectivity index (χ2n) is 8.42. The molecule has 2 amide bonds. The number of likely N-dealkylation sites (tertiary alicyclic amines) is 1. The molecule has 8 heteroatoms. The van der Waals surface area contributed by atoms with Crippen LogP contribution in [0.5, 0.6) is 0 Å². The molecule has 2 unspecified atom stereocenters. The van der Waals surface area contributed by atoms with E-state index in [0.717, 1.165) is 25.9 Å². The minimum atomic E-state index is 0. The topological polar surface area (TPSA) is 55.9 Å². The molecule has 0 aromatic heterocycles. The van der Waals surface area contributed by atoms with Gasteiger partial charge in [0.2, 0.25) is 11.8 Å². The lowest BCUT2D eigenvalue weighted by Crippen LogP contribution is -2.53. The highest BCUT2D eigenvalue weighted by atomic mass is 35.5. The molecule has 4 heterocycles. The molecule has 6 nitrogen and oxygen atoms in total. The van der Waals surface area contributed by atoms with Gasteiger partial charge in [-0.15, -0.1) is 24.8 Å². The van der Waals surface area contributed by atoms with Gasteiger partial charge in [0.05, 0.1) is 6.54 Å². The van der Waals surface area contributed by atoms with Gasteiger partial charge in [0.1, 0.15) is 0 Å². The fourth-order valence-electron chi connectivity index (χ4n) is 5.16. The molecule has 4 rings (SSSR count). The van der Waals surface area contributed by atoms with Crippen LogP contribution < -0.4 is 5.32 Å². The van der Waals surface area contributed by atoms with E-state index in [1.54, 1.807) is 0 Å². The summed E-state index contributed by atoms with van der Waals surface area (Å²) in [7, 11) is 0. The number of carbonyl (C=O) groups is 2. The highest BCUT2D eigenvalue weighted by molar-refractivity contribution is 5.85.